The van der Waals surface area contributed by atoms with Crippen LogP contribution >= 0.6 is 11.6 Å². The summed E-state index contributed by atoms with van der Waals surface area (Å²) in [5, 5.41) is 0.871. The number of fused-ring (bicyclic) bond motifs is 4. The fourth-order valence-corrected chi connectivity index (χ4v) is 7.81. The van der Waals surface area contributed by atoms with Crippen LogP contribution in [0.4, 0.5) is 0 Å². The SMILES string of the molecule is CCCCCCCCCCCCn1c2nc(=O)n(C)c(=O)c-2cc2c(Cl)c3nc4c(=O)n(C)c(=O)nc-4n(CCCCCCCCCCCC)c3cc21. The van der Waals surface area contributed by atoms with E-state index in [4.69, 9.17) is 16.6 Å². The lowest BCUT2D eigenvalue weighted by molar-refractivity contribution is 0.536. The van der Waals surface area contributed by atoms with Crippen LogP contribution in [0.3, 0.4) is 0 Å². The molecule has 0 atom stereocenters. The highest BCUT2D eigenvalue weighted by molar-refractivity contribution is 6.40. The smallest absolute Gasteiger partial charge is 0.325 e. The molecule has 0 N–H and O–H groups in total. The molecule has 0 saturated carbocycles. The number of hydrogen-bond donors (Lipinski definition) is 0. The number of nitrogens with zero attached hydrogens (tertiary/aromatic N) is 7. The molecule has 0 spiro atoms. The van der Waals surface area contributed by atoms with Crippen molar-refractivity contribution in [3.05, 3.63) is 58.8 Å². The Hall–Kier alpha value is -3.86. The van der Waals surface area contributed by atoms with Gasteiger partial charge in [0.25, 0.3) is 11.1 Å². The maximum Gasteiger partial charge on any atom is 0.352 e. The summed E-state index contributed by atoms with van der Waals surface area (Å²) in [6, 6.07) is 3.63. The third kappa shape index (κ3) is 9.45. The molecule has 288 valence electrons. The van der Waals surface area contributed by atoms with Crippen LogP contribution in [0.2, 0.25) is 5.02 Å². The van der Waals surface area contributed by atoms with Gasteiger partial charge in [-0.2, -0.15) is 9.97 Å². The molecule has 53 heavy (non-hydrogen) atoms. The van der Waals surface area contributed by atoms with Crippen molar-refractivity contribution in [3.8, 4) is 22.9 Å². The normalized spacial score (nSPS) is 11.9. The van der Waals surface area contributed by atoms with Gasteiger partial charge in [-0.1, -0.05) is 141 Å². The van der Waals surface area contributed by atoms with E-state index in [0.717, 1.165) is 47.7 Å². The highest BCUT2D eigenvalue weighted by atomic mass is 35.5. The lowest BCUT2D eigenvalue weighted by Crippen LogP contribution is -2.36. The zero-order valence-corrected chi connectivity index (χ0v) is 33.1. The molecule has 0 saturated heterocycles. The molecule has 4 heterocycles. The topological polar surface area (TPSA) is 127 Å². The van der Waals surface area contributed by atoms with Crippen molar-refractivity contribution in [2.75, 3.05) is 0 Å². The molecule has 0 fully saturated rings. The largest absolute Gasteiger partial charge is 0.352 e. The number of aryl methyl sites for hydroxylation is 2. The number of hydrogen-bond acceptors (Lipinski definition) is 7. The molecule has 0 aromatic heterocycles. The van der Waals surface area contributed by atoms with Crippen LogP contribution < -0.4 is 22.5 Å². The second-order valence-corrected chi connectivity index (χ2v) is 15.2. The van der Waals surface area contributed by atoms with Crippen LogP contribution in [-0.2, 0) is 27.2 Å². The van der Waals surface area contributed by atoms with Crippen LogP contribution in [0.5, 0.6) is 0 Å². The van der Waals surface area contributed by atoms with Gasteiger partial charge in [0.15, 0.2) is 17.3 Å². The van der Waals surface area contributed by atoms with Crippen LogP contribution in [0, 0.1) is 0 Å². The molecule has 0 bridgehead atoms. The summed E-state index contributed by atoms with van der Waals surface area (Å²) in [4.78, 5) is 66.0. The molecule has 0 radical (unpaired) electrons. The molecule has 1 aromatic rings. The van der Waals surface area contributed by atoms with Crippen molar-refractivity contribution in [3.63, 3.8) is 0 Å². The van der Waals surface area contributed by atoms with Crippen LogP contribution in [0.1, 0.15) is 142 Å². The van der Waals surface area contributed by atoms with Gasteiger partial charge in [-0.3, -0.25) is 18.7 Å². The number of pyridine rings is 1. The van der Waals surface area contributed by atoms with Crippen molar-refractivity contribution in [2.24, 2.45) is 14.1 Å². The Balaban J connectivity index is 1.52. The molecule has 0 unspecified atom stereocenters. The van der Waals surface area contributed by atoms with Gasteiger partial charge in [-0.05, 0) is 25.0 Å². The first kappa shape index (κ1) is 40.3. The Morgan fingerprint density at radius 3 is 1.47 bits per heavy atom. The highest BCUT2D eigenvalue weighted by Gasteiger charge is 2.25. The fourth-order valence-electron chi connectivity index (χ4n) is 7.52. The summed E-state index contributed by atoms with van der Waals surface area (Å²) in [7, 11) is 2.82. The monoisotopic (exact) mass is 747 g/mol. The van der Waals surface area contributed by atoms with Gasteiger partial charge in [-0.15, -0.1) is 0 Å². The predicted molar refractivity (Wildman–Crippen MR) is 216 cm³/mol. The molecule has 5 rings (SSSR count). The number of aromatic nitrogens is 7. The summed E-state index contributed by atoms with van der Waals surface area (Å²) in [5.74, 6) is 0.550. The lowest BCUT2D eigenvalue weighted by Gasteiger charge is -2.22. The first-order valence-corrected chi connectivity index (χ1v) is 20.6. The van der Waals surface area contributed by atoms with Crippen molar-refractivity contribution >= 4 is 33.5 Å². The molecular weight excluding hydrogens is 690 g/mol. The Morgan fingerprint density at radius 1 is 0.528 bits per heavy atom. The molecule has 1 aromatic carbocycles. The minimum absolute atomic E-state index is 0.0699. The number of halogens is 1. The van der Waals surface area contributed by atoms with E-state index in [2.05, 4.69) is 23.8 Å². The average Bonchev–Trinajstić information content (AvgIpc) is 3.15. The highest BCUT2D eigenvalue weighted by Crippen LogP contribution is 2.37. The molecule has 0 aliphatic carbocycles. The van der Waals surface area contributed by atoms with Gasteiger partial charge in [0, 0.05) is 32.6 Å². The first-order chi connectivity index (χ1) is 25.7. The fraction of sp³-hybridized carbons (Fsp3) is 0.634. The maximum atomic E-state index is 13.4. The summed E-state index contributed by atoms with van der Waals surface area (Å²) >= 11 is 7.22. The van der Waals surface area contributed by atoms with Crippen molar-refractivity contribution < 1.29 is 0 Å². The number of rotatable bonds is 22. The molecule has 12 heteroatoms. The predicted octanol–water partition coefficient (Wildman–Crippen LogP) is 8.60. The minimum Gasteiger partial charge on any atom is -0.325 e. The Morgan fingerprint density at radius 2 is 0.962 bits per heavy atom. The molecule has 4 aliphatic heterocycles. The quantitative estimate of drug-likeness (QED) is 0.0513. The van der Waals surface area contributed by atoms with E-state index in [1.165, 1.54) is 104 Å². The van der Waals surface area contributed by atoms with Crippen LogP contribution in [0.15, 0.2) is 31.3 Å². The van der Waals surface area contributed by atoms with Crippen LogP contribution in [-0.4, -0.2) is 33.2 Å². The van der Waals surface area contributed by atoms with E-state index in [1.807, 2.05) is 15.2 Å². The molecule has 0 amide bonds. The lowest BCUT2D eigenvalue weighted by atomic mass is 10.1. The van der Waals surface area contributed by atoms with Gasteiger partial charge in [0.05, 0.1) is 21.6 Å². The van der Waals surface area contributed by atoms with Crippen molar-refractivity contribution in [1.29, 1.82) is 0 Å². The van der Waals surface area contributed by atoms with Gasteiger partial charge in [0.1, 0.15) is 5.52 Å². The molecule has 4 aliphatic rings. The third-order valence-corrected chi connectivity index (χ3v) is 11.2. The van der Waals surface area contributed by atoms with E-state index >= 15 is 0 Å². The van der Waals surface area contributed by atoms with E-state index in [1.54, 1.807) is 6.07 Å². The van der Waals surface area contributed by atoms with Crippen molar-refractivity contribution in [2.45, 2.75) is 155 Å². The summed E-state index contributed by atoms with van der Waals surface area (Å²) in [6.07, 6.45) is 23.5. The molecule has 11 nitrogen and oxygen atoms in total. The van der Waals surface area contributed by atoms with Gasteiger partial charge in [0.2, 0.25) is 0 Å². The maximum absolute atomic E-state index is 13.4. The second-order valence-electron chi connectivity index (χ2n) is 14.8. The van der Waals surface area contributed by atoms with E-state index in [-0.39, 0.29) is 16.5 Å². The van der Waals surface area contributed by atoms with E-state index in [9.17, 15) is 19.2 Å². The van der Waals surface area contributed by atoms with Gasteiger partial charge >= 0.3 is 11.4 Å². The number of benzene rings is 1. The summed E-state index contributed by atoms with van der Waals surface area (Å²) in [6.45, 7) is 5.52. The van der Waals surface area contributed by atoms with E-state index in [0.29, 0.717) is 46.4 Å². The Kier molecular flexibility index (Phi) is 14.8. The van der Waals surface area contributed by atoms with Crippen LogP contribution in [0.25, 0.3) is 44.8 Å². The first-order valence-electron chi connectivity index (χ1n) is 20.2. The second kappa shape index (κ2) is 19.5. The average molecular weight is 748 g/mol. The Labute approximate surface area is 317 Å². The zero-order valence-electron chi connectivity index (χ0n) is 32.4. The standard InChI is InChI=1S/C41H58ClN7O4/c1-5-7-9-11-13-15-17-19-21-23-25-48-31-28-32-34(33(42)29(31)27-30-36(48)44-40(52)46(3)38(30)50)43-35-37(45-41(53)47(4)39(35)51)49(32)26-24-22-20-18-16-14-12-10-8-6-2/h27-28H,5-26H2,1-4H3. The number of unbranched alkanes of at least 4 members (excludes halogenated alkanes) is 18. The zero-order chi connectivity index (χ0) is 37.9. The third-order valence-electron chi connectivity index (χ3n) is 10.8. The Bertz CT molecular complexity index is 2020. The minimum atomic E-state index is -0.641. The van der Waals surface area contributed by atoms with Crippen molar-refractivity contribution in [1.82, 2.24) is 33.2 Å². The van der Waals surface area contributed by atoms with Gasteiger partial charge < -0.3 is 9.13 Å². The summed E-state index contributed by atoms with van der Waals surface area (Å²) < 4.78 is 5.82. The van der Waals surface area contributed by atoms with Gasteiger partial charge in [-0.25, -0.2) is 14.6 Å². The molecular formula is C41H58ClN7O4. The van der Waals surface area contributed by atoms with E-state index < -0.39 is 22.5 Å². The summed E-state index contributed by atoms with van der Waals surface area (Å²) in [5.41, 5.74) is -0.144.